The number of carbonyl (C=O) groups excluding carboxylic acids is 1. The van der Waals surface area contributed by atoms with E-state index in [1.807, 2.05) is 6.92 Å². The lowest BCUT2D eigenvalue weighted by Crippen LogP contribution is -2.40. The van der Waals surface area contributed by atoms with Gasteiger partial charge in [0.1, 0.15) is 5.75 Å². The first-order valence-electron chi connectivity index (χ1n) is 10.2. The number of carbonyl (C=O) groups is 1. The predicted molar refractivity (Wildman–Crippen MR) is 115 cm³/mol. The number of rotatable bonds is 8. The van der Waals surface area contributed by atoms with Crippen molar-refractivity contribution >= 4 is 15.8 Å². The molecule has 168 valence electrons. The number of aryl methyl sites for hydroxylation is 1. The van der Waals surface area contributed by atoms with Gasteiger partial charge in [0.15, 0.2) is 12.4 Å². The Morgan fingerprint density at radius 2 is 1.84 bits per heavy atom. The van der Waals surface area contributed by atoms with Gasteiger partial charge in [0, 0.05) is 30.6 Å². The third-order valence-corrected chi connectivity index (χ3v) is 6.90. The Morgan fingerprint density at radius 1 is 1.09 bits per heavy atom. The largest absolute Gasteiger partial charge is 0.485 e. The van der Waals surface area contributed by atoms with Crippen molar-refractivity contribution in [1.29, 1.82) is 0 Å². The normalized spacial score (nSPS) is 14.9. The number of hydrogen-bond acceptors (Lipinski definition) is 8. The second-order valence-corrected chi connectivity index (χ2v) is 9.07. The highest BCUT2D eigenvalue weighted by molar-refractivity contribution is 7.89. The second kappa shape index (κ2) is 9.60. The van der Waals surface area contributed by atoms with Gasteiger partial charge >= 0.3 is 0 Å². The van der Waals surface area contributed by atoms with E-state index in [9.17, 15) is 13.2 Å². The highest BCUT2D eigenvalue weighted by atomic mass is 32.2. The molecule has 10 heteroatoms. The van der Waals surface area contributed by atoms with Gasteiger partial charge in [0.2, 0.25) is 21.8 Å². The van der Waals surface area contributed by atoms with E-state index in [1.54, 1.807) is 36.4 Å². The maximum Gasteiger partial charge on any atom is 0.247 e. The molecular weight excluding hydrogens is 434 g/mol. The lowest BCUT2D eigenvalue weighted by molar-refractivity contribution is 0.0730. The van der Waals surface area contributed by atoms with Crippen molar-refractivity contribution in [2.45, 2.75) is 18.2 Å². The van der Waals surface area contributed by atoms with Crippen LogP contribution in [-0.2, 0) is 21.2 Å². The molecule has 0 unspecified atom stereocenters. The number of aromatic nitrogens is 2. The summed E-state index contributed by atoms with van der Waals surface area (Å²) < 4.78 is 43.3. The van der Waals surface area contributed by atoms with Crippen molar-refractivity contribution in [2.24, 2.45) is 0 Å². The van der Waals surface area contributed by atoms with E-state index in [4.69, 9.17) is 13.9 Å². The molecule has 4 rings (SSSR count). The second-order valence-electron chi connectivity index (χ2n) is 7.14. The number of benzene rings is 2. The van der Waals surface area contributed by atoms with Crippen molar-refractivity contribution in [1.82, 2.24) is 14.5 Å². The molecule has 32 heavy (non-hydrogen) atoms. The first-order chi connectivity index (χ1) is 15.5. The van der Waals surface area contributed by atoms with E-state index in [1.165, 1.54) is 16.4 Å². The molecule has 1 aliphatic heterocycles. The average molecular weight is 458 g/mol. The zero-order valence-corrected chi connectivity index (χ0v) is 18.4. The molecule has 2 aromatic carbocycles. The first kappa shape index (κ1) is 22.1. The number of sulfonamides is 1. The molecule has 0 saturated carbocycles. The summed E-state index contributed by atoms with van der Waals surface area (Å²) in [6.45, 7) is 3.01. The van der Waals surface area contributed by atoms with E-state index in [-0.39, 0.29) is 22.8 Å². The lowest BCUT2D eigenvalue weighted by atomic mass is 10.1. The van der Waals surface area contributed by atoms with E-state index >= 15 is 0 Å². The molecule has 0 amide bonds. The molecule has 0 aliphatic carbocycles. The Morgan fingerprint density at radius 3 is 2.53 bits per heavy atom. The zero-order valence-electron chi connectivity index (χ0n) is 17.6. The minimum Gasteiger partial charge on any atom is -0.485 e. The highest BCUT2D eigenvalue weighted by Gasteiger charge is 2.26. The minimum absolute atomic E-state index is 0.0839. The van der Waals surface area contributed by atoms with Crippen molar-refractivity contribution in [2.75, 3.05) is 32.9 Å². The van der Waals surface area contributed by atoms with Gasteiger partial charge in [0.05, 0.1) is 18.1 Å². The fourth-order valence-corrected chi connectivity index (χ4v) is 4.66. The zero-order chi connectivity index (χ0) is 22.6. The average Bonchev–Trinajstić information content (AvgIpc) is 3.33. The molecule has 9 nitrogen and oxygen atoms in total. The van der Waals surface area contributed by atoms with E-state index in [2.05, 4.69) is 10.2 Å². The summed E-state index contributed by atoms with van der Waals surface area (Å²) in [6, 6.07) is 13.0. The molecule has 1 aromatic heterocycles. The van der Waals surface area contributed by atoms with Gasteiger partial charge in [-0.15, -0.1) is 10.2 Å². The summed E-state index contributed by atoms with van der Waals surface area (Å²) >= 11 is 0. The Bertz CT molecular complexity index is 1180. The van der Waals surface area contributed by atoms with Gasteiger partial charge in [-0.3, -0.25) is 4.79 Å². The van der Waals surface area contributed by atoms with Gasteiger partial charge in [0.25, 0.3) is 0 Å². The van der Waals surface area contributed by atoms with Crippen LogP contribution in [0.3, 0.4) is 0 Å². The minimum atomic E-state index is -3.68. The molecule has 1 fully saturated rings. The van der Waals surface area contributed by atoms with Crippen molar-refractivity contribution in [3.8, 4) is 17.2 Å². The van der Waals surface area contributed by atoms with Crippen LogP contribution in [0.25, 0.3) is 11.5 Å². The number of ether oxygens (including phenoxy) is 2. The topological polar surface area (TPSA) is 112 Å². The van der Waals surface area contributed by atoms with E-state index in [0.717, 1.165) is 5.56 Å². The lowest BCUT2D eigenvalue weighted by Gasteiger charge is -2.26. The van der Waals surface area contributed by atoms with E-state index < -0.39 is 10.0 Å². The molecule has 0 N–H and O–H groups in total. The van der Waals surface area contributed by atoms with Gasteiger partial charge in [-0.2, -0.15) is 4.31 Å². The van der Waals surface area contributed by atoms with Gasteiger partial charge in [-0.05, 0) is 36.4 Å². The molecular formula is C22H23N3O6S. The van der Waals surface area contributed by atoms with E-state index in [0.29, 0.717) is 50.3 Å². The van der Waals surface area contributed by atoms with Crippen LogP contribution in [0.4, 0.5) is 0 Å². The number of hydrogen-bond donors (Lipinski definition) is 0. The summed E-state index contributed by atoms with van der Waals surface area (Å²) in [6.07, 6.45) is 0.658. The fourth-order valence-electron chi connectivity index (χ4n) is 3.21. The molecule has 3 aromatic rings. The van der Waals surface area contributed by atoms with Crippen LogP contribution in [0.1, 0.15) is 23.2 Å². The summed E-state index contributed by atoms with van der Waals surface area (Å²) in [5.74, 6) is 1.15. The highest BCUT2D eigenvalue weighted by Crippen LogP contribution is 2.22. The third kappa shape index (κ3) is 4.87. The van der Waals surface area contributed by atoms with Crippen LogP contribution < -0.4 is 4.74 Å². The van der Waals surface area contributed by atoms with Gasteiger partial charge < -0.3 is 13.9 Å². The third-order valence-electron chi connectivity index (χ3n) is 5.00. The quantitative estimate of drug-likeness (QED) is 0.475. The molecule has 1 saturated heterocycles. The predicted octanol–water partition coefficient (Wildman–Crippen LogP) is 2.58. The molecule has 1 aliphatic rings. The SMILES string of the molecule is CCc1nnc(-c2ccc(OCC(=O)c3cccc(S(=O)(=O)N4CCOCC4)c3)cc2)o1. The Hall–Kier alpha value is -3.08. The number of morpholine rings is 1. The van der Waals surface area contributed by atoms with Crippen molar-refractivity contribution < 1.29 is 27.1 Å². The van der Waals surface area contributed by atoms with Crippen LogP contribution >= 0.6 is 0 Å². The number of Topliss-reactive ketones (excluding diaryl/α,β-unsaturated/α-hetero) is 1. The monoisotopic (exact) mass is 457 g/mol. The summed E-state index contributed by atoms with van der Waals surface area (Å²) in [5.41, 5.74) is 1.02. The molecule has 2 heterocycles. The maximum atomic E-state index is 12.8. The summed E-state index contributed by atoms with van der Waals surface area (Å²) in [5, 5.41) is 7.93. The van der Waals surface area contributed by atoms with Crippen molar-refractivity contribution in [3.63, 3.8) is 0 Å². The maximum absolute atomic E-state index is 12.8. The van der Waals surface area contributed by atoms with Gasteiger partial charge in [-0.25, -0.2) is 8.42 Å². The number of nitrogens with zero attached hydrogens (tertiary/aromatic N) is 3. The summed E-state index contributed by atoms with van der Waals surface area (Å²) in [4.78, 5) is 12.7. The Kier molecular flexibility index (Phi) is 6.63. The van der Waals surface area contributed by atoms with Crippen LogP contribution in [-0.4, -0.2) is 61.6 Å². The van der Waals surface area contributed by atoms with Crippen LogP contribution in [0, 0.1) is 0 Å². The van der Waals surface area contributed by atoms with Crippen molar-refractivity contribution in [3.05, 3.63) is 60.0 Å². The van der Waals surface area contributed by atoms with Crippen LogP contribution in [0.15, 0.2) is 57.8 Å². The molecule has 0 radical (unpaired) electrons. The Balaban J connectivity index is 1.40. The first-order valence-corrected chi connectivity index (χ1v) is 11.7. The fraction of sp³-hybridized carbons (Fsp3) is 0.318. The van der Waals surface area contributed by atoms with Gasteiger partial charge in [-0.1, -0.05) is 19.1 Å². The summed E-state index contributed by atoms with van der Waals surface area (Å²) in [7, 11) is -3.68. The standard InChI is InChI=1S/C22H23N3O6S/c1-2-21-23-24-22(31-21)16-6-8-18(9-7-16)30-15-20(26)17-4-3-5-19(14-17)32(27,28)25-10-12-29-13-11-25/h3-9,14H,2,10-13,15H2,1H3. The van der Waals surface area contributed by atoms with Crippen LogP contribution in [0.5, 0.6) is 5.75 Å². The number of ketones is 1. The van der Waals surface area contributed by atoms with Crippen LogP contribution in [0.2, 0.25) is 0 Å². The molecule has 0 spiro atoms. The molecule has 0 bridgehead atoms. The molecule has 0 atom stereocenters. The Labute approximate surface area is 186 Å². The smallest absolute Gasteiger partial charge is 0.247 e.